The van der Waals surface area contributed by atoms with Crippen LogP contribution in [0.25, 0.3) is 0 Å². The smallest absolute Gasteiger partial charge is 0.319 e. The highest BCUT2D eigenvalue weighted by Crippen LogP contribution is 2.57. The molecule has 0 aromatic rings. The van der Waals surface area contributed by atoms with E-state index in [4.69, 9.17) is 5.73 Å². The van der Waals surface area contributed by atoms with E-state index in [0.29, 0.717) is 13.1 Å². The average molecular weight is 265 g/mol. The van der Waals surface area contributed by atoms with E-state index in [1.807, 2.05) is 14.1 Å². The number of nitrogens with two attached hydrogens (primary N) is 1. The van der Waals surface area contributed by atoms with Gasteiger partial charge in [0.1, 0.15) is 0 Å². The number of carbonyl (C=O) groups is 1. The van der Waals surface area contributed by atoms with Crippen LogP contribution in [-0.2, 0) is 0 Å². The Hall–Kier alpha value is -0.770. The minimum absolute atomic E-state index is 0.134. The predicted octanol–water partition coefficient (Wildman–Crippen LogP) is 1.90. The molecule has 4 rings (SSSR count). The quantitative estimate of drug-likeness (QED) is 0.847. The zero-order chi connectivity index (χ0) is 13.6. The summed E-state index contributed by atoms with van der Waals surface area (Å²) in [5, 5.41) is 0. The number of carbonyl (C=O) groups excluding carboxylic acids is 1. The topological polar surface area (TPSA) is 49.6 Å². The fourth-order valence-electron chi connectivity index (χ4n) is 5.30. The zero-order valence-electron chi connectivity index (χ0n) is 12.3. The second-order valence-electron chi connectivity index (χ2n) is 7.26. The van der Waals surface area contributed by atoms with Crippen LogP contribution in [-0.4, -0.2) is 48.6 Å². The standard InChI is InChI=1S/C15H27N3O/c1-17(2)14(19)18(4-3-16)15-8-11-5-12(9-15)7-13(6-11)10-15/h11-13H,3-10,16H2,1-2H3. The van der Waals surface area contributed by atoms with Crippen LogP contribution in [0.1, 0.15) is 38.5 Å². The van der Waals surface area contributed by atoms with Crippen molar-refractivity contribution < 1.29 is 4.79 Å². The molecule has 4 fully saturated rings. The first kappa shape index (κ1) is 13.2. The summed E-state index contributed by atoms with van der Waals surface area (Å²) >= 11 is 0. The van der Waals surface area contributed by atoms with Gasteiger partial charge >= 0.3 is 6.03 Å². The highest BCUT2D eigenvalue weighted by atomic mass is 16.2. The zero-order valence-corrected chi connectivity index (χ0v) is 12.3. The number of hydrogen-bond acceptors (Lipinski definition) is 2. The Balaban J connectivity index is 1.86. The van der Waals surface area contributed by atoms with Crippen molar-refractivity contribution in [1.82, 2.24) is 9.80 Å². The molecule has 0 aliphatic heterocycles. The second kappa shape index (κ2) is 4.65. The summed E-state index contributed by atoms with van der Waals surface area (Å²) in [5.41, 5.74) is 5.91. The van der Waals surface area contributed by atoms with Crippen LogP contribution < -0.4 is 5.73 Å². The van der Waals surface area contributed by atoms with Gasteiger partial charge in [-0.15, -0.1) is 0 Å². The summed E-state index contributed by atoms with van der Waals surface area (Å²) in [4.78, 5) is 16.4. The third kappa shape index (κ3) is 2.14. The molecule has 4 aliphatic carbocycles. The van der Waals surface area contributed by atoms with Crippen LogP contribution in [0.5, 0.6) is 0 Å². The van der Waals surface area contributed by atoms with Crippen LogP contribution in [0, 0.1) is 17.8 Å². The van der Waals surface area contributed by atoms with Gasteiger partial charge in [0.2, 0.25) is 0 Å². The van der Waals surface area contributed by atoms with Crippen molar-refractivity contribution in [2.75, 3.05) is 27.2 Å². The molecular weight excluding hydrogens is 238 g/mol. The summed E-state index contributed by atoms with van der Waals surface area (Å²) in [5.74, 6) is 2.59. The third-order valence-electron chi connectivity index (χ3n) is 5.54. The molecule has 0 aromatic heterocycles. The third-order valence-corrected chi connectivity index (χ3v) is 5.54. The monoisotopic (exact) mass is 265 g/mol. The Labute approximate surface area is 116 Å². The first-order chi connectivity index (χ1) is 9.04. The van der Waals surface area contributed by atoms with E-state index in [1.165, 1.54) is 38.5 Å². The van der Waals surface area contributed by atoms with Gasteiger partial charge in [0.05, 0.1) is 0 Å². The fraction of sp³-hybridized carbons (Fsp3) is 0.933. The molecule has 4 aliphatic rings. The Morgan fingerprint density at radius 1 is 1.11 bits per heavy atom. The molecule has 0 heterocycles. The van der Waals surface area contributed by atoms with E-state index < -0.39 is 0 Å². The fourth-order valence-corrected chi connectivity index (χ4v) is 5.30. The SMILES string of the molecule is CN(C)C(=O)N(CCN)C12CC3CC(CC(C3)C1)C2. The summed E-state index contributed by atoms with van der Waals surface area (Å²) in [6, 6.07) is 0.160. The van der Waals surface area contributed by atoms with Crippen LogP contribution in [0.2, 0.25) is 0 Å². The highest BCUT2D eigenvalue weighted by molar-refractivity contribution is 5.75. The molecule has 4 heteroatoms. The minimum Gasteiger partial charge on any atom is -0.331 e. The molecule has 0 unspecified atom stereocenters. The van der Waals surface area contributed by atoms with Crippen molar-refractivity contribution in [2.24, 2.45) is 23.5 Å². The maximum atomic E-state index is 12.5. The Bertz CT molecular complexity index is 331. The van der Waals surface area contributed by atoms with Crippen molar-refractivity contribution in [2.45, 2.75) is 44.1 Å². The molecule has 0 spiro atoms. The van der Waals surface area contributed by atoms with Crippen LogP contribution >= 0.6 is 0 Å². The normalized spacial score (nSPS) is 39.4. The number of nitrogens with zero attached hydrogens (tertiary/aromatic N) is 2. The molecule has 2 amide bonds. The van der Waals surface area contributed by atoms with Gasteiger partial charge in [-0.2, -0.15) is 0 Å². The summed E-state index contributed by atoms with van der Waals surface area (Å²) in [6.45, 7) is 1.28. The van der Waals surface area contributed by atoms with Crippen molar-refractivity contribution in [3.63, 3.8) is 0 Å². The Morgan fingerprint density at radius 3 is 1.95 bits per heavy atom. The lowest BCUT2D eigenvalue weighted by Gasteiger charge is -2.60. The maximum absolute atomic E-state index is 12.5. The van der Waals surface area contributed by atoms with E-state index in [-0.39, 0.29) is 11.6 Å². The van der Waals surface area contributed by atoms with Crippen molar-refractivity contribution in [3.05, 3.63) is 0 Å². The molecule has 0 saturated heterocycles. The molecule has 19 heavy (non-hydrogen) atoms. The van der Waals surface area contributed by atoms with E-state index in [9.17, 15) is 4.79 Å². The van der Waals surface area contributed by atoms with Gasteiger partial charge in [-0.05, 0) is 56.3 Å². The molecule has 108 valence electrons. The highest BCUT2D eigenvalue weighted by Gasteiger charge is 2.54. The van der Waals surface area contributed by atoms with Gasteiger partial charge in [-0.3, -0.25) is 0 Å². The summed E-state index contributed by atoms with van der Waals surface area (Å²) in [7, 11) is 3.71. The van der Waals surface area contributed by atoms with E-state index >= 15 is 0 Å². The first-order valence-electron chi connectivity index (χ1n) is 7.73. The van der Waals surface area contributed by atoms with Crippen molar-refractivity contribution in [1.29, 1.82) is 0 Å². The lowest BCUT2D eigenvalue weighted by atomic mass is 9.52. The molecule has 4 saturated carbocycles. The van der Waals surface area contributed by atoms with Crippen LogP contribution in [0.3, 0.4) is 0 Å². The largest absolute Gasteiger partial charge is 0.331 e. The number of hydrogen-bond donors (Lipinski definition) is 1. The number of amides is 2. The minimum atomic E-state index is 0.134. The van der Waals surface area contributed by atoms with E-state index in [1.54, 1.807) is 4.90 Å². The van der Waals surface area contributed by atoms with E-state index in [2.05, 4.69) is 4.90 Å². The molecule has 0 radical (unpaired) electrons. The molecule has 0 atom stereocenters. The Morgan fingerprint density at radius 2 is 1.58 bits per heavy atom. The molecule has 4 nitrogen and oxygen atoms in total. The summed E-state index contributed by atoms with van der Waals surface area (Å²) in [6.07, 6.45) is 7.89. The van der Waals surface area contributed by atoms with Gasteiger partial charge in [-0.25, -0.2) is 4.79 Å². The Kier molecular flexibility index (Phi) is 3.24. The first-order valence-corrected chi connectivity index (χ1v) is 7.73. The van der Waals surface area contributed by atoms with E-state index in [0.717, 1.165) is 17.8 Å². The summed E-state index contributed by atoms with van der Waals surface area (Å²) < 4.78 is 0. The number of urea groups is 1. The van der Waals surface area contributed by atoms with Crippen LogP contribution in [0.4, 0.5) is 4.79 Å². The second-order valence-corrected chi connectivity index (χ2v) is 7.26. The lowest BCUT2D eigenvalue weighted by Crippen LogP contribution is -2.63. The number of rotatable bonds is 3. The molecular formula is C15H27N3O. The van der Waals surface area contributed by atoms with Gasteiger partial charge in [0, 0.05) is 32.7 Å². The molecule has 2 N–H and O–H groups in total. The van der Waals surface area contributed by atoms with Gasteiger partial charge in [-0.1, -0.05) is 0 Å². The van der Waals surface area contributed by atoms with Crippen molar-refractivity contribution in [3.8, 4) is 0 Å². The van der Waals surface area contributed by atoms with Crippen LogP contribution in [0.15, 0.2) is 0 Å². The van der Waals surface area contributed by atoms with Gasteiger partial charge in [0.25, 0.3) is 0 Å². The van der Waals surface area contributed by atoms with Gasteiger partial charge < -0.3 is 15.5 Å². The van der Waals surface area contributed by atoms with Gasteiger partial charge in [0.15, 0.2) is 0 Å². The van der Waals surface area contributed by atoms with Crippen molar-refractivity contribution >= 4 is 6.03 Å². The molecule has 0 aromatic carbocycles. The maximum Gasteiger partial charge on any atom is 0.319 e. The lowest BCUT2D eigenvalue weighted by molar-refractivity contribution is -0.0725. The average Bonchev–Trinajstić information content (AvgIpc) is 2.33. The predicted molar refractivity (Wildman–Crippen MR) is 75.7 cm³/mol. The molecule has 4 bridgehead atoms.